The van der Waals surface area contributed by atoms with Gasteiger partial charge in [-0.1, -0.05) is 12.1 Å². The zero-order valence-electron chi connectivity index (χ0n) is 19.3. The number of hydrogen-bond donors (Lipinski definition) is 0. The van der Waals surface area contributed by atoms with Gasteiger partial charge in [-0.05, 0) is 51.3 Å². The van der Waals surface area contributed by atoms with E-state index in [1.54, 1.807) is 33.0 Å². The highest BCUT2D eigenvalue weighted by Crippen LogP contribution is 2.37. The van der Waals surface area contributed by atoms with Crippen LogP contribution in [0.1, 0.15) is 55.4 Å². The van der Waals surface area contributed by atoms with E-state index in [-0.39, 0.29) is 24.3 Å². The van der Waals surface area contributed by atoms with E-state index >= 15 is 0 Å². The van der Waals surface area contributed by atoms with Crippen molar-refractivity contribution in [1.82, 2.24) is 14.9 Å². The minimum Gasteiger partial charge on any atom is -0.497 e. The first kappa shape index (κ1) is 22.2. The van der Waals surface area contributed by atoms with Gasteiger partial charge in [0.2, 0.25) is 5.91 Å². The first-order chi connectivity index (χ1) is 15.2. The van der Waals surface area contributed by atoms with Crippen molar-refractivity contribution in [2.75, 3.05) is 25.7 Å². The number of hydrogen-bond acceptors (Lipinski definition) is 6. The van der Waals surface area contributed by atoms with Gasteiger partial charge in [0.05, 0.1) is 26.1 Å². The second-order valence-electron chi connectivity index (χ2n) is 8.85. The standard InChI is InChI=1S/C24H30N4O4/c1-15-18-13-20(29)28(14-16-8-6-9-17(12-16)31-4)22(18)26-21(25-15)19-10-7-11-27(19)23(30)24(2,3)32-5/h6,8-9,12,19H,7,10-11,13-14H2,1-5H3. The van der Waals surface area contributed by atoms with Crippen LogP contribution in [-0.2, 0) is 27.3 Å². The number of aryl methyl sites for hydroxylation is 1. The molecule has 0 spiro atoms. The van der Waals surface area contributed by atoms with E-state index < -0.39 is 5.60 Å². The normalized spacial score (nSPS) is 18.3. The summed E-state index contributed by atoms with van der Waals surface area (Å²) >= 11 is 0. The number of fused-ring (bicyclic) bond motifs is 1. The fraction of sp³-hybridized carbons (Fsp3) is 0.500. The maximum Gasteiger partial charge on any atom is 0.254 e. The van der Waals surface area contributed by atoms with E-state index in [9.17, 15) is 9.59 Å². The maximum absolute atomic E-state index is 13.1. The van der Waals surface area contributed by atoms with Crippen molar-refractivity contribution in [3.05, 3.63) is 46.9 Å². The van der Waals surface area contributed by atoms with Gasteiger partial charge in [-0.3, -0.25) is 14.5 Å². The van der Waals surface area contributed by atoms with Gasteiger partial charge in [-0.15, -0.1) is 0 Å². The van der Waals surface area contributed by atoms with E-state index in [1.165, 1.54) is 0 Å². The summed E-state index contributed by atoms with van der Waals surface area (Å²) in [6.45, 7) is 6.50. The van der Waals surface area contributed by atoms with Crippen LogP contribution >= 0.6 is 0 Å². The molecule has 0 aliphatic carbocycles. The van der Waals surface area contributed by atoms with Crippen LogP contribution in [0.5, 0.6) is 5.75 Å². The Bertz CT molecular complexity index is 1050. The monoisotopic (exact) mass is 438 g/mol. The molecule has 0 N–H and O–H groups in total. The molecule has 2 amide bonds. The average Bonchev–Trinajstić information content (AvgIpc) is 3.39. The summed E-state index contributed by atoms with van der Waals surface area (Å²) in [5.41, 5.74) is 1.69. The Hall–Kier alpha value is -3.00. The molecular weight excluding hydrogens is 408 g/mol. The molecule has 1 atom stereocenters. The lowest BCUT2D eigenvalue weighted by Gasteiger charge is -2.32. The minimum atomic E-state index is -0.914. The van der Waals surface area contributed by atoms with E-state index in [4.69, 9.17) is 19.4 Å². The molecule has 4 rings (SSSR count). The molecule has 8 nitrogen and oxygen atoms in total. The number of likely N-dealkylation sites (tertiary alicyclic amines) is 1. The fourth-order valence-electron chi connectivity index (χ4n) is 4.37. The molecule has 0 bridgehead atoms. The number of amides is 2. The molecule has 3 heterocycles. The van der Waals surface area contributed by atoms with E-state index in [2.05, 4.69) is 0 Å². The SMILES string of the molecule is COc1cccc(CN2C(=O)Cc3c(C)nc(C4CCCN4C(=O)C(C)(C)OC)nc32)c1. The highest BCUT2D eigenvalue weighted by Gasteiger charge is 2.41. The van der Waals surface area contributed by atoms with Crippen LogP contribution in [0.2, 0.25) is 0 Å². The van der Waals surface area contributed by atoms with Crippen molar-refractivity contribution in [1.29, 1.82) is 0 Å². The van der Waals surface area contributed by atoms with Crippen LogP contribution < -0.4 is 9.64 Å². The lowest BCUT2D eigenvalue weighted by Crippen LogP contribution is -2.46. The van der Waals surface area contributed by atoms with Crippen molar-refractivity contribution in [3.63, 3.8) is 0 Å². The number of carbonyl (C=O) groups is 2. The van der Waals surface area contributed by atoms with Gasteiger partial charge in [-0.2, -0.15) is 0 Å². The van der Waals surface area contributed by atoms with Gasteiger partial charge in [-0.25, -0.2) is 9.97 Å². The van der Waals surface area contributed by atoms with Crippen molar-refractivity contribution >= 4 is 17.6 Å². The van der Waals surface area contributed by atoms with Crippen LogP contribution in [0, 0.1) is 6.92 Å². The number of rotatable bonds is 6. The summed E-state index contributed by atoms with van der Waals surface area (Å²) < 4.78 is 10.7. The molecule has 2 aliphatic rings. The third-order valence-electron chi connectivity index (χ3n) is 6.41. The Morgan fingerprint density at radius 1 is 1.25 bits per heavy atom. The van der Waals surface area contributed by atoms with E-state index in [0.29, 0.717) is 24.7 Å². The van der Waals surface area contributed by atoms with Gasteiger partial charge < -0.3 is 14.4 Å². The number of anilines is 1. The van der Waals surface area contributed by atoms with Crippen molar-refractivity contribution in [3.8, 4) is 5.75 Å². The van der Waals surface area contributed by atoms with Crippen molar-refractivity contribution in [2.45, 2.75) is 58.2 Å². The maximum atomic E-state index is 13.1. The van der Waals surface area contributed by atoms with Gasteiger partial charge in [0.1, 0.15) is 17.2 Å². The Morgan fingerprint density at radius 3 is 2.75 bits per heavy atom. The van der Waals surface area contributed by atoms with Crippen LogP contribution in [0.25, 0.3) is 0 Å². The molecule has 8 heteroatoms. The number of aromatic nitrogens is 2. The molecule has 1 aromatic heterocycles. The largest absolute Gasteiger partial charge is 0.497 e. The first-order valence-electron chi connectivity index (χ1n) is 10.9. The van der Waals surface area contributed by atoms with Gasteiger partial charge >= 0.3 is 0 Å². The second kappa shape index (κ2) is 8.50. The summed E-state index contributed by atoms with van der Waals surface area (Å²) in [6, 6.07) is 7.44. The molecular formula is C24H30N4O4. The van der Waals surface area contributed by atoms with Crippen molar-refractivity contribution < 1.29 is 19.1 Å². The van der Waals surface area contributed by atoms with Gasteiger partial charge in [0.15, 0.2) is 5.82 Å². The minimum absolute atomic E-state index is 0.00255. The topological polar surface area (TPSA) is 84.9 Å². The van der Waals surface area contributed by atoms with Crippen LogP contribution in [0.4, 0.5) is 5.82 Å². The molecule has 1 unspecified atom stereocenters. The quantitative estimate of drug-likeness (QED) is 0.689. The Labute approximate surface area is 188 Å². The molecule has 1 fully saturated rings. The van der Waals surface area contributed by atoms with Gasteiger partial charge in [0, 0.05) is 24.9 Å². The summed E-state index contributed by atoms with van der Waals surface area (Å²) in [5, 5.41) is 0. The Balaban J connectivity index is 1.67. The van der Waals surface area contributed by atoms with Crippen LogP contribution in [-0.4, -0.2) is 53.0 Å². The zero-order chi connectivity index (χ0) is 23.0. The predicted octanol–water partition coefficient (Wildman–Crippen LogP) is 2.97. The van der Waals surface area contributed by atoms with E-state index in [1.807, 2.05) is 36.1 Å². The lowest BCUT2D eigenvalue weighted by atomic mass is 10.1. The highest BCUT2D eigenvalue weighted by molar-refractivity contribution is 6.00. The fourth-order valence-corrected chi connectivity index (χ4v) is 4.37. The predicted molar refractivity (Wildman–Crippen MR) is 119 cm³/mol. The van der Waals surface area contributed by atoms with Crippen molar-refractivity contribution in [2.24, 2.45) is 0 Å². The number of ether oxygens (including phenoxy) is 2. The van der Waals surface area contributed by atoms with E-state index in [0.717, 1.165) is 35.4 Å². The summed E-state index contributed by atoms with van der Waals surface area (Å²) in [7, 11) is 3.17. The molecule has 2 aromatic rings. The Morgan fingerprint density at radius 2 is 2.03 bits per heavy atom. The number of nitrogens with zero attached hydrogens (tertiary/aromatic N) is 4. The number of carbonyl (C=O) groups excluding carboxylic acids is 2. The first-order valence-corrected chi connectivity index (χ1v) is 10.9. The third-order valence-corrected chi connectivity index (χ3v) is 6.41. The van der Waals surface area contributed by atoms with Gasteiger partial charge in [0.25, 0.3) is 5.91 Å². The molecule has 1 aromatic carbocycles. The average molecular weight is 439 g/mol. The third kappa shape index (κ3) is 3.95. The molecule has 32 heavy (non-hydrogen) atoms. The molecule has 0 radical (unpaired) electrons. The summed E-state index contributed by atoms with van der Waals surface area (Å²) in [5.74, 6) is 1.90. The smallest absolute Gasteiger partial charge is 0.254 e. The van der Waals surface area contributed by atoms with Crippen LogP contribution in [0.15, 0.2) is 24.3 Å². The van der Waals surface area contributed by atoms with Crippen LogP contribution in [0.3, 0.4) is 0 Å². The molecule has 2 aliphatic heterocycles. The number of benzene rings is 1. The number of methoxy groups -OCH3 is 2. The lowest BCUT2D eigenvalue weighted by molar-refractivity contribution is -0.152. The zero-order valence-corrected chi connectivity index (χ0v) is 19.3. The summed E-state index contributed by atoms with van der Waals surface area (Å²) in [4.78, 5) is 39.0. The summed E-state index contributed by atoms with van der Waals surface area (Å²) in [6.07, 6.45) is 1.95. The second-order valence-corrected chi connectivity index (χ2v) is 8.85. The molecule has 0 saturated carbocycles. The molecule has 1 saturated heterocycles. The highest BCUT2D eigenvalue weighted by atomic mass is 16.5. The Kier molecular flexibility index (Phi) is 5.90. The molecule has 170 valence electrons.